The molecule has 2 aromatic carbocycles. The van der Waals surface area contributed by atoms with Crippen LogP contribution in [0.4, 0.5) is 0 Å². The van der Waals surface area contributed by atoms with Crippen molar-refractivity contribution in [3.63, 3.8) is 0 Å². The third kappa shape index (κ3) is 2.25. The van der Waals surface area contributed by atoms with Gasteiger partial charge in [-0.2, -0.15) is 0 Å². The predicted octanol–water partition coefficient (Wildman–Crippen LogP) is 1.66. The van der Waals surface area contributed by atoms with Gasteiger partial charge in [0, 0.05) is 0 Å². The summed E-state index contributed by atoms with van der Waals surface area (Å²) in [4.78, 5) is 10.9. The first-order valence-corrected chi connectivity index (χ1v) is 4.41. The molecule has 0 aliphatic carbocycles. The first-order chi connectivity index (χ1) is 6.68. The van der Waals surface area contributed by atoms with Crippen LogP contribution in [0.3, 0.4) is 0 Å². The Bertz CT molecular complexity index is 506. The van der Waals surface area contributed by atoms with Gasteiger partial charge in [-0.1, -0.05) is 35.9 Å². The molecular formula is C12H13GaO2. The van der Waals surface area contributed by atoms with E-state index >= 15 is 0 Å². The second kappa shape index (κ2) is 4.55. The predicted molar refractivity (Wildman–Crippen MR) is 65.6 cm³/mol. The number of carbonyl (C=O) groups is 1. The number of rotatable bonds is 1. The van der Waals surface area contributed by atoms with Crippen LogP contribution < -0.4 is 0 Å². The molecule has 0 aliphatic rings. The fourth-order valence-corrected chi connectivity index (χ4v) is 1.57. The molecule has 0 unspecified atom stereocenters. The normalized spacial score (nSPS) is 9.67. The van der Waals surface area contributed by atoms with E-state index in [-0.39, 0.29) is 19.8 Å². The summed E-state index contributed by atoms with van der Waals surface area (Å²) in [6.07, 6.45) is 0. The molecule has 0 radical (unpaired) electrons. The Hall–Kier alpha value is -1.19. The van der Waals surface area contributed by atoms with E-state index in [1.807, 2.05) is 31.2 Å². The molecule has 15 heavy (non-hydrogen) atoms. The van der Waals surface area contributed by atoms with E-state index in [9.17, 15) is 4.79 Å². The summed E-state index contributed by atoms with van der Waals surface area (Å²) in [5, 5.41) is 10.7. The van der Waals surface area contributed by atoms with E-state index < -0.39 is 5.97 Å². The van der Waals surface area contributed by atoms with Crippen LogP contribution >= 0.6 is 0 Å². The monoisotopic (exact) mass is 258 g/mol. The van der Waals surface area contributed by atoms with Crippen molar-refractivity contribution in [1.29, 1.82) is 0 Å². The number of aromatic carboxylic acids is 1. The quantitative estimate of drug-likeness (QED) is 0.791. The first-order valence-electron chi connectivity index (χ1n) is 4.41. The van der Waals surface area contributed by atoms with Crippen LogP contribution in [0.5, 0.6) is 0 Å². The van der Waals surface area contributed by atoms with Crippen molar-refractivity contribution in [2.24, 2.45) is 0 Å². The van der Waals surface area contributed by atoms with Gasteiger partial charge < -0.3 is 5.11 Å². The Labute approximate surface area is 101 Å². The molecule has 1 N–H and O–H groups in total. The molecule has 0 saturated carbocycles. The van der Waals surface area contributed by atoms with E-state index in [4.69, 9.17) is 5.11 Å². The fraction of sp³-hybridized carbons (Fsp3) is 0.0833. The zero-order valence-corrected chi connectivity index (χ0v) is 7.82. The molecule has 0 bridgehead atoms. The standard InChI is InChI=1S/C12H10O2.Ga.3H/c1-8-5-6-9-3-2-4-10(12(13)14)11(9)7-8;;;;/h2-7H,1H3,(H,13,14);;;;. The van der Waals surface area contributed by atoms with Gasteiger partial charge in [0.15, 0.2) is 0 Å². The van der Waals surface area contributed by atoms with Crippen LogP contribution in [-0.4, -0.2) is 30.9 Å². The molecule has 2 rings (SSSR count). The Kier molecular flexibility index (Phi) is 3.60. The van der Waals surface area contributed by atoms with Crippen molar-refractivity contribution >= 4 is 36.5 Å². The Balaban J connectivity index is 0.00000112. The Morgan fingerprint density at radius 1 is 1.20 bits per heavy atom. The topological polar surface area (TPSA) is 37.3 Å². The fourth-order valence-electron chi connectivity index (χ4n) is 1.57. The van der Waals surface area contributed by atoms with Gasteiger partial charge in [-0.15, -0.1) is 0 Å². The van der Waals surface area contributed by atoms with Crippen molar-refractivity contribution in [3.05, 3.63) is 47.5 Å². The number of hydrogen-bond donors (Lipinski definition) is 1. The molecule has 2 nitrogen and oxygen atoms in total. The number of carboxylic acids is 1. The molecule has 0 aromatic heterocycles. The molecule has 2 aromatic rings. The van der Waals surface area contributed by atoms with Crippen molar-refractivity contribution < 1.29 is 9.90 Å². The molecule has 0 amide bonds. The van der Waals surface area contributed by atoms with Gasteiger partial charge in [0.1, 0.15) is 0 Å². The summed E-state index contributed by atoms with van der Waals surface area (Å²) < 4.78 is 0. The third-order valence-electron chi connectivity index (χ3n) is 2.27. The van der Waals surface area contributed by atoms with Crippen LogP contribution in [-0.2, 0) is 0 Å². The van der Waals surface area contributed by atoms with Gasteiger partial charge in [0.05, 0.1) is 5.56 Å². The zero-order valence-electron chi connectivity index (χ0n) is 7.82. The molecule has 0 spiro atoms. The molecule has 0 heterocycles. The molecule has 0 aliphatic heterocycles. The van der Waals surface area contributed by atoms with Crippen molar-refractivity contribution in [2.75, 3.05) is 0 Å². The molecule has 0 saturated heterocycles. The number of aryl methyl sites for hydroxylation is 1. The van der Waals surface area contributed by atoms with Crippen LogP contribution in [0.1, 0.15) is 15.9 Å². The third-order valence-corrected chi connectivity index (χ3v) is 2.27. The first kappa shape index (κ1) is 11.9. The summed E-state index contributed by atoms with van der Waals surface area (Å²) in [6, 6.07) is 11.1. The minimum atomic E-state index is -0.874. The van der Waals surface area contributed by atoms with E-state index in [1.165, 1.54) is 0 Å². The maximum atomic E-state index is 10.9. The van der Waals surface area contributed by atoms with E-state index in [0.29, 0.717) is 5.56 Å². The van der Waals surface area contributed by atoms with Gasteiger partial charge in [-0.05, 0) is 23.8 Å². The van der Waals surface area contributed by atoms with Crippen LogP contribution in [0, 0.1) is 6.92 Å². The molecule has 3 heteroatoms. The summed E-state index contributed by atoms with van der Waals surface area (Å²) >= 11 is 0. The van der Waals surface area contributed by atoms with Gasteiger partial charge in [-0.3, -0.25) is 0 Å². The van der Waals surface area contributed by atoms with Gasteiger partial charge >= 0.3 is 25.8 Å². The van der Waals surface area contributed by atoms with E-state index in [2.05, 4.69) is 0 Å². The van der Waals surface area contributed by atoms with Crippen LogP contribution in [0.2, 0.25) is 0 Å². The minimum absolute atomic E-state index is 0. The maximum absolute atomic E-state index is 10.9. The molecule has 0 fully saturated rings. The second-order valence-electron chi connectivity index (χ2n) is 3.34. The SMILES string of the molecule is Cc1ccc2cccc(C(=O)O)c2c1.[GaH3]. The summed E-state index contributed by atoms with van der Waals surface area (Å²) in [5.41, 5.74) is 1.44. The zero-order chi connectivity index (χ0) is 10.1. The number of fused-ring (bicyclic) bond motifs is 1. The van der Waals surface area contributed by atoms with Crippen LogP contribution in [0.15, 0.2) is 36.4 Å². The number of hydrogen-bond acceptors (Lipinski definition) is 1. The number of carboxylic acid groups (broad SMARTS) is 1. The van der Waals surface area contributed by atoms with Crippen molar-refractivity contribution in [2.45, 2.75) is 6.92 Å². The average Bonchev–Trinajstić information content (AvgIpc) is 2.16. The summed E-state index contributed by atoms with van der Waals surface area (Å²) in [6.45, 7) is 1.96. The van der Waals surface area contributed by atoms with Gasteiger partial charge in [0.25, 0.3) is 0 Å². The second-order valence-corrected chi connectivity index (χ2v) is 3.34. The molecular weight excluding hydrogens is 246 g/mol. The van der Waals surface area contributed by atoms with Crippen molar-refractivity contribution in [3.8, 4) is 0 Å². The summed E-state index contributed by atoms with van der Waals surface area (Å²) in [5.74, 6) is -0.874. The molecule has 76 valence electrons. The summed E-state index contributed by atoms with van der Waals surface area (Å²) in [7, 11) is 0. The van der Waals surface area contributed by atoms with Crippen molar-refractivity contribution in [1.82, 2.24) is 0 Å². The van der Waals surface area contributed by atoms with E-state index in [0.717, 1.165) is 16.3 Å². The van der Waals surface area contributed by atoms with Gasteiger partial charge in [-0.25, -0.2) is 4.79 Å². The molecule has 0 atom stereocenters. The average molecular weight is 259 g/mol. The Morgan fingerprint density at radius 2 is 1.93 bits per heavy atom. The van der Waals surface area contributed by atoms with Gasteiger partial charge in [0.2, 0.25) is 0 Å². The van der Waals surface area contributed by atoms with Crippen LogP contribution in [0.25, 0.3) is 10.8 Å². The van der Waals surface area contributed by atoms with E-state index in [1.54, 1.807) is 12.1 Å². The number of benzene rings is 2. The Morgan fingerprint density at radius 3 is 2.60 bits per heavy atom.